The fourth-order valence-electron chi connectivity index (χ4n) is 2.81. The molecular weight excluding hydrogens is 358 g/mol. The van der Waals surface area contributed by atoms with Crippen molar-refractivity contribution in [3.63, 3.8) is 0 Å². The first-order chi connectivity index (χ1) is 11.6. The van der Waals surface area contributed by atoms with Gasteiger partial charge < -0.3 is 16.0 Å². The minimum atomic E-state index is -0.196. The number of nitrogens with one attached hydrogen (secondary N) is 3. The van der Waals surface area contributed by atoms with E-state index in [2.05, 4.69) is 22.9 Å². The molecule has 7 heteroatoms. The van der Waals surface area contributed by atoms with Crippen molar-refractivity contribution in [2.75, 3.05) is 18.4 Å². The molecule has 2 aromatic rings. The van der Waals surface area contributed by atoms with Crippen LogP contribution in [0.3, 0.4) is 0 Å². The lowest BCUT2D eigenvalue weighted by Gasteiger charge is -2.30. The van der Waals surface area contributed by atoms with Crippen molar-refractivity contribution in [3.05, 3.63) is 52.2 Å². The maximum atomic E-state index is 12.7. The first-order valence-corrected chi connectivity index (χ1v) is 8.98. The van der Waals surface area contributed by atoms with E-state index in [1.807, 2.05) is 17.5 Å². The molecule has 134 valence electrons. The number of carbonyl (C=O) groups is 2. The highest BCUT2D eigenvalue weighted by molar-refractivity contribution is 7.12. The number of hydrogen-bond acceptors (Lipinski definition) is 4. The van der Waals surface area contributed by atoms with Gasteiger partial charge >= 0.3 is 0 Å². The second-order valence-electron chi connectivity index (χ2n) is 6.03. The van der Waals surface area contributed by atoms with Crippen LogP contribution >= 0.6 is 23.7 Å². The third-order valence-corrected chi connectivity index (χ3v) is 5.18. The highest BCUT2D eigenvalue weighted by atomic mass is 35.5. The van der Waals surface area contributed by atoms with Crippen LogP contribution in [-0.4, -0.2) is 30.9 Å². The second-order valence-corrected chi connectivity index (χ2v) is 6.97. The molecule has 1 aliphatic rings. The van der Waals surface area contributed by atoms with Gasteiger partial charge in [0.05, 0.1) is 16.1 Å². The Balaban J connectivity index is 0.00000225. The molecule has 2 atom stereocenters. The summed E-state index contributed by atoms with van der Waals surface area (Å²) in [4.78, 5) is 25.5. The number of halogens is 1. The van der Waals surface area contributed by atoms with Gasteiger partial charge in [0.25, 0.3) is 11.8 Å². The van der Waals surface area contributed by atoms with Crippen LogP contribution in [0.4, 0.5) is 5.69 Å². The maximum Gasteiger partial charge on any atom is 0.265 e. The fourth-order valence-corrected chi connectivity index (χ4v) is 3.43. The SMILES string of the molecule is CC1CCNCC1NC(=O)c1ccccc1NC(=O)c1cccs1.Cl. The molecule has 1 aliphatic heterocycles. The zero-order chi connectivity index (χ0) is 16.9. The van der Waals surface area contributed by atoms with Crippen molar-refractivity contribution in [1.29, 1.82) is 0 Å². The Bertz CT molecular complexity index is 721. The van der Waals surface area contributed by atoms with Gasteiger partial charge in [0.1, 0.15) is 0 Å². The molecule has 3 N–H and O–H groups in total. The van der Waals surface area contributed by atoms with Crippen molar-refractivity contribution >= 4 is 41.2 Å². The Morgan fingerprint density at radius 3 is 2.68 bits per heavy atom. The van der Waals surface area contributed by atoms with Crippen molar-refractivity contribution in [2.45, 2.75) is 19.4 Å². The number of amides is 2. The molecule has 0 spiro atoms. The van der Waals surface area contributed by atoms with E-state index in [1.54, 1.807) is 24.3 Å². The Hall–Kier alpha value is -1.89. The standard InChI is InChI=1S/C18H21N3O2S.ClH/c1-12-8-9-19-11-15(12)21-17(22)13-5-2-3-6-14(13)20-18(23)16-7-4-10-24-16;/h2-7,10,12,15,19H,8-9,11H2,1H3,(H,20,23)(H,21,22);1H. The number of carbonyl (C=O) groups excluding carboxylic acids is 2. The first-order valence-electron chi connectivity index (χ1n) is 8.10. The minimum absolute atomic E-state index is 0. The van der Waals surface area contributed by atoms with E-state index in [4.69, 9.17) is 0 Å². The predicted molar refractivity (Wildman–Crippen MR) is 104 cm³/mol. The van der Waals surface area contributed by atoms with Crippen LogP contribution in [0, 0.1) is 5.92 Å². The summed E-state index contributed by atoms with van der Waals surface area (Å²) in [5.41, 5.74) is 1.02. The lowest BCUT2D eigenvalue weighted by Crippen LogP contribution is -2.50. The topological polar surface area (TPSA) is 70.2 Å². The van der Waals surface area contributed by atoms with Crippen LogP contribution in [-0.2, 0) is 0 Å². The Morgan fingerprint density at radius 1 is 1.16 bits per heavy atom. The number of anilines is 1. The zero-order valence-electron chi connectivity index (χ0n) is 14.0. The van der Waals surface area contributed by atoms with E-state index in [0.29, 0.717) is 22.0 Å². The van der Waals surface area contributed by atoms with Crippen LogP contribution in [0.25, 0.3) is 0 Å². The normalized spacial score (nSPS) is 19.6. The van der Waals surface area contributed by atoms with Gasteiger partial charge in [-0.25, -0.2) is 0 Å². The monoisotopic (exact) mass is 379 g/mol. The quantitative estimate of drug-likeness (QED) is 0.764. The molecule has 0 aliphatic carbocycles. The molecule has 2 heterocycles. The Morgan fingerprint density at radius 2 is 1.96 bits per heavy atom. The van der Waals surface area contributed by atoms with Gasteiger partial charge in [-0.1, -0.05) is 25.1 Å². The summed E-state index contributed by atoms with van der Waals surface area (Å²) in [5, 5.41) is 11.1. The van der Waals surface area contributed by atoms with Crippen LogP contribution < -0.4 is 16.0 Å². The fraction of sp³-hybridized carbons (Fsp3) is 0.333. The van der Waals surface area contributed by atoms with Gasteiger partial charge in [0.2, 0.25) is 0 Å². The van der Waals surface area contributed by atoms with Gasteiger partial charge in [-0.2, -0.15) is 0 Å². The average Bonchev–Trinajstić information content (AvgIpc) is 3.12. The summed E-state index contributed by atoms with van der Waals surface area (Å²) >= 11 is 1.37. The second kappa shape index (κ2) is 8.99. The molecule has 2 unspecified atom stereocenters. The van der Waals surface area contributed by atoms with Gasteiger partial charge in [0.15, 0.2) is 0 Å². The molecule has 1 fully saturated rings. The summed E-state index contributed by atoms with van der Waals surface area (Å²) in [7, 11) is 0. The summed E-state index contributed by atoms with van der Waals surface area (Å²) in [6, 6.07) is 10.8. The molecule has 1 aromatic carbocycles. The molecule has 3 rings (SSSR count). The van der Waals surface area contributed by atoms with Crippen molar-refractivity contribution in [3.8, 4) is 0 Å². The molecule has 2 amide bonds. The summed E-state index contributed by atoms with van der Waals surface area (Å²) in [5.74, 6) is 0.0821. The van der Waals surface area contributed by atoms with Gasteiger partial charge in [-0.15, -0.1) is 23.7 Å². The van der Waals surface area contributed by atoms with Crippen molar-refractivity contribution in [2.24, 2.45) is 5.92 Å². The van der Waals surface area contributed by atoms with Gasteiger partial charge in [-0.05, 0) is 42.5 Å². The number of rotatable bonds is 4. The maximum absolute atomic E-state index is 12.7. The number of thiophene rings is 1. The van der Waals surface area contributed by atoms with E-state index < -0.39 is 0 Å². The molecule has 0 saturated carbocycles. The van der Waals surface area contributed by atoms with Crippen molar-refractivity contribution in [1.82, 2.24) is 10.6 Å². The van der Waals surface area contributed by atoms with Crippen LogP contribution in [0.2, 0.25) is 0 Å². The lowest BCUT2D eigenvalue weighted by molar-refractivity contribution is 0.0916. The number of hydrogen-bond donors (Lipinski definition) is 3. The predicted octanol–water partition coefficient (Wildman–Crippen LogP) is 3.15. The first kappa shape index (κ1) is 19.4. The molecule has 25 heavy (non-hydrogen) atoms. The summed E-state index contributed by atoms with van der Waals surface area (Å²) in [6.07, 6.45) is 1.04. The minimum Gasteiger partial charge on any atom is -0.348 e. The molecule has 1 saturated heterocycles. The highest BCUT2D eigenvalue weighted by Gasteiger charge is 2.24. The lowest BCUT2D eigenvalue weighted by atomic mass is 9.94. The Kier molecular flexibility index (Phi) is 6.99. The smallest absolute Gasteiger partial charge is 0.265 e. The van der Waals surface area contributed by atoms with Crippen LogP contribution in [0.15, 0.2) is 41.8 Å². The van der Waals surface area contributed by atoms with E-state index in [9.17, 15) is 9.59 Å². The highest BCUT2D eigenvalue weighted by Crippen LogP contribution is 2.19. The number of benzene rings is 1. The zero-order valence-corrected chi connectivity index (χ0v) is 15.6. The Labute approximate surface area is 157 Å². The van der Waals surface area contributed by atoms with Crippen LogP contribution in [0.1, 0.15) is 33.4 Å². The molecular formula is C18H22ClN3O2S. The average molecular weight is 380 g/mol. The third-order valence-electron chi connectivity index (χ3n) is 4.31. The van der Waals surface area contributed by atoms with Gasteiger partial charge in [0, 0.05) is 12.6 Å². The number of para-hydroxylation sites is 1. The molecule has 0 radical (unpaired) electrons. The molecule has 0 bridgehead atoms. The van der Waals surface area contributed by atoms with E-state index in [-0.39, 0.29) is 30.3 Å². The third kappa shape index (κ3) is 4.81. The molecule has 1 aromatic heterocycles. The molecule has 5 nitrogen and oxygen atoms in total. The van der Waals surface area contributed by atoms with E-state index in [1.165, 1.54) is 11.3 Å². The van der Waals surface area contributed by atoms with E-state index in [0.717, 1.165) is 19.5 Å². The van der Waals surface area contributed by atoms with Crippen molar-refractivity contribution < 1.29 is 9.59 Å². The summed E-state index contributed by atoms with van der Waals surface area (Å²) in [6.45, 7) is 3.91. The van der Waals surface area contributed by atoms with Crippen LogP contribution in [0.5, 0.6) is 0 Å². The van der Waals surface area contributed by atoms with E-state index >= 15 is 0 Å². The summed E-state index contributed by atoms with van der Waals surface area (Å²) < 4.78 is 0. The van der Waals surface area contributed by atoms with Gasteiger partial charge in [-0.3, -0.25) is 9.59 Å². The largest absolute Gasteiger partial charge is 0.348 e. The number of piperidine rings is 1.